The van der Waals surface area contributed by atoms with Gasteiger partial charge < -0.3 is 0 Å². The molecule has 0 radical (unpaired) electrons. The normalized spacial score (nSPS) is 11.7. The predicted octanol–water partition coefficient (Wildman–Crippen LogP) is 1.35. The molecule has 0 aliphatic rings. The van der Waals surface area contributed by atoms with Crippen molar-refractivity contribution in [2.24, 2.45) is 5.90 Å². The molecule has 0 aromatic carbocycles. The van der Waals surface area contributed by atoms with Crippen molar-refractivity contribution >= 4 is 0 Å². The maximum Gasteiger partial charge on any atom is 0.212 e. The molecular formula is C8H11FN2O. The van der Waals surface area contributed by atoms with Crippen LogP contribution in [0.1, 0.15) is 19.4 Å². The fourth-order valence-electron chi connectivity index (χ4n) is 0.800. The second-order valence-electron chi connectivity index (χ2n) is 3.00. The van der Waals surface area contributed by atoms with E-state index in [1.807, 2.05) is 0 Å². The molecule has 0 saturated heterocycles. The Kier molecular flexibility index (Phi) is 2.40. The summed E-state index contributed by atoms with van der Waals surface area (Å²) < 4.78 is 12.4. The molecule has 0 bridgehead atoms. The van der Waals surface area contributed by atoms with Crippen molar-refractivity contribution < 1.29 is 9.23 Å². The maximum absolute atomic E-state index is 12.4. The van der Waals surface area contributed by atoms with Crippen molar-refractivity contribution in [1.29, 1.82) is 0 Å². The molecule has 0 unspecified atom stereocenters. The van der Waals surface area contributed by atoms with Gasteiger partial charge in [0.1, 0.15) is 5.60 Å². The van der Waals surface area contributed by atoms with Gasteiger partial charge in [0.15, 0.2) is 0 Å². The number of hydrogen-bond donors (Lipinski definition) is 1. The van der Waals surface area contributed by atoms with E-state index in [-0.39, 0.29) is 0 Å². The molecule has 1 rings (SSSR count). The number of rotatable bonds is 2. The van der Waals surface area contributed by atoms with E-state index in [1.165, 1.54) is 12.3 Å². The lowest BCUT2D eigenvalue weighted by molar-refractivity contribution is -0.0239. The average Bonchev–Trinajstić information content (AvgIpc) is 2.05. The minimum absolute atomic E-state index is 0.508. The molecule has 1 heterocycles. The van der Waals surface area contributed by atoms with Crippen molar-refractivity contribution in [2.75, 3.05) is 0 Å². The van der Waals surface area contributed by atoms with Crippen molar-refractivity contribution in [3.63, 3.8) is 0 Å². The summed E-state index contributed by atoms with van der Waals surface area (Å²) in [5.74, 6) is 4.55. The lowest BCUT2D eigenvalue weighted by atomic mass is 10.0. The summed E-state index contributed by atoms with van der Waals surface area (Å²) in [7, 11) is 0. The van der Waals surface area contributed by atoms with Crippen LogP contribution >= 0.6 is 0 Å². The van der Waals surface area contributed by atoms with E-state index in [2.05, 4.69) is 4.98 Å². The van der Waals surface area contributed by atoms with E-state index in [0.717, 1.165) is 5.56 Å². The monoisotopic (exact) mass is 170 g/mol. The Labute approximate surface area is 70.3 Å². The van der Waals surface area contributed by atoms with Gasteiger partial charge in [0.2, 0.25) is 5.95 Å². The van der Waals surface area contributed by atoms with Gasteiger partial charge in [0.25, 0.3) is 0 Å². The van der Waals surface area contributed by atoms with Crippen molar-refractivity contribution in [1.82, 2.24) is 4.98 Å². The second kappa shape index (κ2) is 3.16. The third-order valence-corrected chi connectivity index (χ3v) is 1.72. The van der Waals surface area contributed by atoms with Crippen LogP contribution in [0.2, 0.25) is 0 Å². The summed E-state index contributed by atoms with van der Waals surface area (Å²) in [5.41, 5.74) is 0.118. The van der Waals surface area contributed by atoms with Crippen LogP contribution in [0.25, 0.3) is 0 Å². The van der Waals surface area contributed by atoms with Gasteiger partial charge >= 0.3 is 0 Å². The van der Waals surface area contributed by atoms with Gasteiger partial charge in [-0.1, -0.05) is 6.07 Å². The van der Waals surface area contributed by atoms with Crippen LogP contribution < -0.4 is 5.90 Å². The fourth-order valence-corrected chi connectivity index (χ4v) is 0.800. The Morgan fingerprint density at radius 1 is 1.50 bits per heavy atom. The zero-order valence-corrected chi connectivity index (χ0v) is 7.04. The molecule has 12 heavy (non-hydrogen) atoms. The van der Waals surface area contributed by atoms with Gasteiger partial charge in [-0.15, -0.1) is 0 Å². The van der Waals surface area contributed by atoms with Crippen molar-refractivity contribution in [3.8, 4) is 0 Å². The molecule has 0 aliphatic heterocycles. The number of halogens is 1. The second-order valence-corrected chi connectivity index (χ2v) is 3.00. The molecule has 0 aliphatic carbocycles. The number of aromatic nitrogens is 1. The van der Waals surface area contributed by atoms with Gasteiger partial charge in [-0.2, -0.15) is 4.39 Å². The van der Waals surface area contributed by atoms with Crippen LogP contribution in [-0.2, 0) is 10.4 Å². The zero-order valence-electron chi connectivity index (χ0n) is 7.04. The van der Waals surface area contributed by atoms with E-state index in [9.17, 15) is 4.39 Å². The molecule has 3 nitrogen and oxygen atoms in total. The Bertz CT molecular complexity index is 258. The topological polar surface area (TPSA) is 48.1 Å². The van der Waals surface area contributed by atoms with Crippen LogP contribution in [0.3, 0.4) is 0 Å². The Hall–Kier alpha value is -1.00. The third kappa shape index (κ3) is 1.78. The van der Waals surface area contributed by atoms with E-state index >= 15 is 0 Å². The number of pyridine rings is 1. The lowest BCUT2D eigenvalue weighted by Crippen LogP contribution is -2.25. The van der Waals surface area contributed by atoms with Crippen LogP contribution in [-0.4, -0.2) is 4.98 Å². The number of hydrogen-bond acceptors (Lipinski definition) is 3. The first kappa shape index (κ1) is 9.09. The van der Waals surface area contributed by atoms with Crippen LogP contribution in [0.4, 0.5) is 4.39 Å². The first-order valence-electron chi connectivity index (χ1n) is 3.56. The predicted molar refractivity (Wildman–Crippen MR) is 42.5 cm³/mol. The first-order chi connectivity index (χ1) is 5.56. The van der Waals surface area contributed by atoms with Gasteiger partial charge in [-0.05, 0) is 19.9 Å². The molecular weight excluding hydrogens is 159 g/mol. The highest BCUT2D eigenvalue weighted by Crippen LogP contribution is 2.21. The van der Waals surface area contributed by atoms with E-state index < -0.39 is 11.5 Å². The number of nitrogens with zero attached hydrogens (tertiary/aromatic N) is 1. The summed E-state index contributed by atoms with van der Waals surface area (Å²) in [5, 5.41) is 0. The third-order valence-electron chi connectivity index (χ3n) is 1.72. The zero-order chi connectivity index (χ0) is 9.19. The Morgan fingerprint density at radius 2 is 2.17 bits per heavy atom. The summed E-state index contributed by atoms with van der Waals surface area (Å²) in [6.45, 7) is 3.56. The highest BCUT2D eigenvalue weighted by Gasteiger charge is 2.20. The van der Waals surface area contributed by atoms with E-state index in [0.29, 0.717) is 0 Å². The minimum Gasteiger partial charge on any atom is -0.294 e. The highest BCUT2D eigenvalue weighted by atomic mass is 19.1. The molecule has 0 spiro atoms. The molecule has 66 valence electrons. The Balaban J connectivity index is 2.96. The van der Waals surface area contributed by atoms with Crippen LogP contribution in [0.5, 0.6) is 0 Å². The van der Waals surface area contributed by atoms with Crippen LogP contribution in [0.15, 0.2) is 18.3 Å². The van der Waals surface area contributed by atoms with Gasteiger partial charge in [-0.25, -0.2) is 10.9 Å². The molecule has 1 aromatic rings. The van der Waals surface area contributed by atoms with E-state index in [4.69, 9.17) is 10.7 Å². The molecule has 0 fully saturated rings. The molecule has 1 aromatic heterocycles. The molecule has 4 heteroatoms. The highest BCUT2D eigenvalue weighted by molar-refractivity contribution is 5.16. The molecule has 2 N–H and O–H groups in total. The molecule has 0 amide bonds. The summed E-state index contributed by atoms with van der Waals surface area (Å²) >= 11 is 0. The largest absolute Gasteiger partial charge is 0.294 e. The van der Waals surface area contributed by atoms with E-state index in [1.54, 1.807) is 19.9 Å². The molecule has 0 saturated carbocycles. The maximum atomic E-state index is 12.4. The van der Waals surface area contributed by atoms with Gasteiger partial charge in [0.05, 0.1) is 0 Å². The van der Waals surface area contributed by atoms with Crippen molar-refractivity contribution in [3.05, 3.63) is 29.8 Å². The Morgan fingerprint density at radius 3 is 2.58 bits per heavy atom. The first-order valence-corrected chi connectivity index (χ1v) is 3.56. The van der Waals surface area contributed by atoms with Gasteiger partial charge in [-0.3, -0.25) is 4.84 Å². The SMILES string of the molecule is CC(C)(ON)c1ccc(F)nc1. The quantitative estimate of drug-likeness (QED) is 0.538. The van der Waals surface area contributed by atoms with Crippen molar-refractivity contribution in [2.45, 2.75) is 19.4 Å². The van der Waals surface area contributed by atoms with Gasteiger partial charge in [0, 0.05) is 11.8 Å². The number of nitrogens with two attached hydrogens (primary N) is 1. The summed E-state index contributed by atoms with van der Waals surface area (Å²) in [4.78, 5) is 8.19. The fraction of sp³-hybridized carbons (Fsp3) is 0.375. The summed E-state index contributed by atoms with van der Waals surface area (Å²) in [6.07, 6.45) is 1.40. The summed E-state index contributed by atoms with van der Waals surface area (Å²) in [6, 6.07) is 2.87. The smallest absolute Gasteiger partial charge is 0.212 e. The standard InChI is InChI=1S/C8H11FN2O/c1-8(2,12-10)6-3-4-7(9)11-5-6/h3-5H,10H2,1-2H3. The minimum atomic E-state index is -0.624. The lowest BCUT2D eigenvalue weighted by Gasteiger charge is -2.21. The van der Waals surface area contributed by atoms with Crippen LogP contribution in [0, 0.1) is 5.95 Å². The molecule has 0 atom stereocenters. The average molecular weight is 170 g/mol.